The number of benzene rings is 2. The van der Waals surface area contributed by atoms with Gasteiger partial charge in [-0.1, -0.05) is 24.3 Å². The van der Waals surface area contributed by atoms with E-state index in [-0.39, 0.29) is 49.2 Å². The molecule has 2 saturated heterocycles. The van der Waals surface area contributed by atoms with Crippen molar-refractivity contribution in [2.24, 2.45) is 11.8 Å². The fraction of sp³-hybridized carbons (Fsp3) is 0.500. The highest BCUT2D eigenvalue weighted by Crippen LogP contribution is 2.42. The summed E-state index contributed by atoms with van der Waals surface area (Å²) in [7, 11) is -0.734. The Balaban J connectivity index is 1.81. The average molecular weight is 604 g/mol. The van der Waals surface area contributed by atoms with Crippen molar-refractivity contribution in [3.63, 3.8) is 0 Å². The average Bonchev–Trinajstić information content (AvgIpc) is 3.45. The predicted octanol–water partition coefficient (Wildman–Crippen LogP) is 2.41. The van der Waals surface area contributed by atoms with E-state index in [4.69, 9.17) is 4.74 Å². The topological polar surface area (TPSA) is 125 Å². The smallest absolute Gasteiger partial charge is 0.328 e. The first-order valence-electron chi connectivity index (χ1n) is 13.9. The summed E-state index contributed by atoms with van der Waals surface area (Å²) in [6.45, 7) is 2.67. The number of piperidine rings is 1. The van der Waals surface area contributed by atoms with E-state index >= 15 is 0 Å². The van der Waals surface area contributed by atoms with Gasteiger partial charge in [0.05, 0.1) is 19.3 Å². The first-order valence-corrected chi connectivity index (χ1v) is 15.8. The number of phenolic OH excluding ortho intramolecular Hbond substituents is 1. The largest absolute Gasteiger partial charge is 0.508 e. The van der Waals surface area contributed by atoms with Gasteiger partial charge in [-0.2, -0.15) is 0 Å². The van der Waals surface area contributed by atoms with Crippen LogP contribution in [0, 0.1) is 24.6 Å². The van der Waals surface area contributed by atoms with Crippen LogP contribution in [-0.2, 0) is 24.3 Å². The van der Waals surface area contributed by atoms with Crippen molar-refractivity contribution in [2.45, 2.75) is 31.7 Å². The lowest BCUT2D eigenvalue weighted by molar-refractivity contribution is -0.153. The van der Waals surface area contributed by atoms with E-state index in [1.54, 1.807) is 31.2 Å². The summed E-state index contributed by atoms with van der Waals surface area (Å²) in [5, 5.41) is 10.1. The lowest BCUT2D eigenvalue weighted by Gasteiger charge is -2.45. The van der Waals surface area contributed by atoms with Crippen LogP contribution in [0.4, 0.5) is 4.39 Å². The Bertz CT molecular complexity index is 1450. The summed E-state index contributed by atoms with van der Waals surface area (Å²) in [6, 6.07) is 9.79. The third kappa shape index (κ3) is 6.66. The Kier molecular flexibility index (Phi) is 9.69. The van der Waals surface area contributed by atoms with Crippen molar-refractivity contribution in [3.05, 3.63) is 65.0 Å². The Morgan fingerprint density at radius 1 is 1.12 bits per heavy atom. The number of likely N-dealkylation sites (N-methyl/N-ethyl adjacent to an activating group) is 1. The molecule has 0 bridgehead atoms. The van der Waals surface area contributed by atoms with Gasteiger partial charge in [-0.3, -0.25) is 9.59 Å². The van der Waals surface area contributed by atoms with E-state index in [1.165, 1.54) is 41.6 Å². The molecule has 2 aromatic rings. The van der Waals surface area contributed by atoms with Gasteiger partial charge in [-0.15, -0.1) is 0 Å². The first kappa shape index (κ1) is 31.6. The number of rotatable bonds is 9. The molecule has 12 heteroatoms. The first-order chi connectivity index (χ1) is 19.8. The number of carbonyl (C=O) groups is 3. The zero-order chi connectivity index (χ0) is 30.8. The maximum absolute atomic E-state index is 14.9. The maximum atomic E-state index is 14.9. The number of nitrogens with zero attached hydrogens (tertiary/aromatic N) is 3. The number of hydrogen-bond acceptors (Lipinski definition) is 8. The van der Waals surface area contributed by atoms with E-state index in [2.05, 4.69) is 0 Å². The molecule has 2 heterocycles. The molecule has 4 unspecified atom stereocenters. The molecule has 2 aromatic carbocycles. The van der Waals surface area contributed by atoms with E-state index in [0.717, 1.165) is 6.26 Å². The van der Waals surface area contributed by atoms with Crippen molar-refractivity contribution < 1.29 is 37.0 Å². The van der Waals surface area contributed by atoms with Gasteiger partial charge in [-0.05, 0) is 49.1 Å². The number of phenols is 1. The molecule has 4 atom stereocenters. The molecule has 2 fully saturated rings. The number of sulfonamides is 1. The van der Waals surface area contributed by atoms with Crippen LogP contribution in [0.1, 0.15) is 40.2 Å². The zero-order valence-electron chi connectivity index (χ0n) is 24.3. The van der Waals surface area contributed by atoms with E-state index in [9.17, 15) is 32.3 Å². The van der Waals surface area contributed by atoms with Crippen LogP contribution in [0.2, 0.25) is 0 Å². The molecule has 228 valence electrons. The maximum Gasteiger partial charge on any atom is 0.328 e. The number of Topliss-reactive ketones (excluding diaryl/α,β-unsaturated/α-hetero) is 1. The molecule has 1 N–H and O–H groups in total. The quantitative estimate of drug-likeness (QED) is 0.342. The molecule has 0 aromatic heterocycles. The number of halogens is 1. The van der Waals surface area contributed by atoms with Gasteiger partial charge in [0.1, 0.15) is 17.6 Å². The Morgan fingerprint density at radius 3 is 2.48 bits per heavy atom. The van der Waals surface area contributed by atoms with Gasteiger partial charge in [0.25, 0.3) is 0 Å². The monoisotopic (exact) mass is 603 g/mol. The molecule has 0 radical (unpaired) electrons. The molecule has 0 saturated carbocycles. The minimum Gasteiger partial charge on any atom is -0.508 e. The molecule has 2 aliphatic rings. The molecule has 2 aliphatic heterocycles. The highest BCUT2D eigenvalue weighted by Gasteiger charge is 2.48. The van der Waals surface area contributed by atoms with E-state index < -0.39 is 45.6 Å². The Labute approximate surface area is 246 Å². The van der Waals surface area contributed by atoms with E-state index in [0.29, 0.717) is 30.5 Å². The molecule has 10 nitrogen and oxygen atoms in total. The Morgan fingerprint density at radius 2 is 1.81 bits per heavy atom. The van der Waals surface area contributed by atoms with Crippen molar-refractivity contribution in [1.82, 2.24) is 14.1 Å². The number of ether oxygens (including phenoxy) is 1. The zero-order valence-corrected chi connectivity index (χ0v) is 25.1. The SMILES string of the molecule is COC(=O)C1CCCN1C(=O)C1CN(CCN(C)S(C)(=O)=O)CC(C(=O)c2cccc(O)c2)C1c1cccc(F)c1C. The number of hydrogen-bond donors (Lipinski definition) is 1. The number of aromatic hydroxyl groups is 1. The molecule has 4 rings (SSSR count). The van der Waals surface area contributed by atoms with Crippen LogP contribution in [0.25, 0.3) is 0 Å². The lowest BCUT2D eigenvalue weighted by Crippen LogP contribution is -2.55. The standard InChI is InChI=1S/C30H38FN3O7S/c1-19-22(10-6-11-25(19)31)27-23(28(36)20-8-5-9-21(35)16-20)17-33(15-14-32(2)42(4,39)40)18-24(27)29(37)34-13-7-12-26(34)30(38)41-3/h5-6,8-11,16,23-24,26-27,35H,7,12-15,17-18H2,1-4H3. The van der Waals surface area contributed by atoms with E-state index in [1.807, 2.05) is 4.90 Å². The van der Waals surface area contributed by atoms with Gasteiger partial charge >= 0.3 is 5.97 Å². The highest BCUT2D eigenvalue weighted by molar-refractivity contribution is 7.88. The van der Waals surface area contributed by atoms with Gasteiger partial charge < -0.3 is 19.6 Å². The summed E-state index contributed by atoms with van der Waals surface area (Å²) >= 11 is 0. The molecule has 42 heavy (non-hydrogen) atoms. The summed E-state index contributed by atoms with van der Waals surface area (Å²) < 4.78 is 45.2. The van der Waals surface area contributed by atoms with Gasteiger partial charge in [0.2, 0.25) is 15.9 Å². The second kappa shape index (κ2) is 12.9. The Hall–Kier alpha value is -3.35. The normalized spacial score (nSPS) is 23.2. The van der Waals surface area contributed by atoms with Crippen molar-refractivity contribution in [1.29, 1.82) is 0 Å². The summed E-state index contributed by atoms with van der Waals surface area (Å²) in [5.41, 5.74) is 1.09. The van der Waals surface area contributed by atoms with Crippen LogP contribution >= 0.6 is 0 Å². The summed E-state index contributed by atoms with van der Waals surface area (Å²) in [5.74, 6) is -4.17. The van der Waals surface area contributed by atoms with Gasteiger partial charge in [0.15, 0.2) is 5.78 Å². The number of amides is 1. The summed E-state index contributed by atoms with van der Waals surface area (Å²) in [6.07, 6.45) is 2.16. The fourth-order valence-corrected chi connectivity index (χ4v) is 6.58. The predicted molar refractivity (Wildman–Crippen MR) is 154 cm³/mol. The second-order valence-electron chi connectivity index (χ2n) is 11.2. The number of carbonyl (C=O) groups excluding carboxylic acids is 3. The summed E-state index contributed by atoms with van der Waals surface area (Å²) in [4.78, 5) is 44.4. The van der Waals surface area contributed by atoms with Crippen LogP contribution in [0.5, 0.6) is 5.75 Å². The number of esters is 1. The van der Waals surface area contributed by atoms with Crippen LogP contribution in [-0.4, -0.2) is 104 Å². The van der Waals surface area contributed by atoms with Gasteiger partial charge in [-0.25, -0.2) is 21.9 Å². The molecule has 0 spiro atoms. The van der Waals surface area contributed by atoms with Gasteiger partial charge in [0, 0.05) is 57.2 Å². The second-order valence-corrected chi connectivity index (χ2v) is 13.3. The van der Waals surface area contributed by atoms with Crippen molar-refractivity contribution in [3.8, 4) is 5.75 Å². The molecule has 0 aliphatic carbocycles. The fourth-order valence-electron chi connectivity index (χ4n) is 6.16. The molecule has 1 amide bonds. The number of methoxy groups -OCH3 is 1. The molecular formula is C30H38FN3O7S. The third-order valence-electron chi connectivity index (χ3n) is 8.54. The highest BCUT2D eigenvalue weighted by atomic mass is 32.2. The van der Waals surface area contributed by atoms with Crippen LogP contribution in [0.15, 0.2) is 42.5 Å². The molecular weight excluding hydrogens is 565 g/mol. The minimum atomic E-state index is -3.46. The third-order valence-corrected chi connectivity index (χ3v) is 9.85. The van der Waals surface area contributed by atoms with Crippen molar-refractivity contribution >= 4 is 27.7 Å². The van der Waals surface area contributed by atoms with Crippen LogP contribution in [0.3, 0.4) is 0 Å². The van der Waals surface area contributed by atoms with Crippen molar-refractivity contribution in [2.75, 3.05) is 53.1 Å². The number of ketones is 1. The lowest BCUT2D eigenvalue weighted by atomic mass is 9.69. The van der Waals surface area contributed by atoms with Crippen LogP contribution < -0.4 is 0 Å². The minimum absolute atomic E-state index is 0.0904. The number of likely N-dealkylation sites (tertiary alicyclic amines) is 2.